The number of aromatic nitrogens is 2. The van der Waals surface area contributed by atoms with Gasteiger partial charge in [-0.25, -0.2) is 0 Å². The first kappa shape index (κ1) is 16.2. The molecule has 122 valence electrons. The van der Waals surface area contributed by atoms with Crippen LogP contribution in [0.2, 0.25) is 0 Å². The number of H-pyrrole nitrogens is 1. The number of amides is 1. The minimum atomic E-state index is -0.212. The summed E-state index contributed by atoms with van der Waals surface area (Å²) in [6, 6.07) is 8.05. The molecular weight excluding hydrogens is 356 g/mol. The van der Waals surface area contributed by atoms with E-state index in [4.69, 9.17) is 0 Å². The van der Waals surface area contributed by atoms with Crippen LogP contribution in [0.4, 0.5) is 5.69 Å². The monoisotopic (exact) mass is 376 g/mol. The van der Waals surface area contributed by atoms with E-state index in [9.17, 15) is 4.79 Å². The molecule has 1 fully saturated rings. The molecule has 0 atom stereocenters. The lowest BCUT2D eigenvalue weighted by atomic mass is 10.1. The Labute approximate surface area is 144 Å². The van der Waals surface area contributed by atoms with E-state index in [0.29, 0.717) is 10.2 Å². The van der Waals surface area contributed by atoms with Crippen molar-refractivity contribution in [3.05, 3.63) is 45.7 Å². The van der Waals surface area contributed by atoms with E-state index in [1.165, 1.54) is 24.8 Å². The Kier molecular flexibility index (Phi) is 5.13. The lowest BCUT2D eigenvalue weighted by molar-refractivity contribution is 0.102. The molecule has 23 heavy (non-hydrogen) atoms. The molecule has 0 unspecified atom stereocenters. The van der Waals surface area contributed by atoms with E-state index >= 15 is 0 Å². The van der Waals surface area contributed by atoms with Crippen molar-refractivity contribution in [2.24, 2.45) is 0 Å². The van der Waals surface area contributed by atoms with Crippen LogP contribution in [0.1, 0.15) is 41.0 Å². The Hall–Kier alpha value is -1.66. The summed E-state index contributed by atoms with van der Waals surface area (Å²) in [5.41, 5.74) is 3.25. The zero-order valence-electron chi connectivity index (χ0n) is 13.2. The Morgan fingerprint density at radius 3 is 2.83 bits per heavy atom. The van der Waals surface area contributed by atoms with Crippen molar-refractivity contribution in [3.63, 3.8) is 0 Å². The zero-order valence-corrected chi connectivity index (χ0v) is 14.8. The van der Waals surface area contributed by atoms with Crippen LogP contribution < -0.4 is 5.32 Å². The first-order valence-corrected chi connectivity index (χ1v) is 8.76. The van der Waals surface area contributed by atoms with Gasteiger partial charge in [-0.05, 0) is 66.5 Å². The summed E-state index contributed by atoms with van der Waals surface area (Å²) >= 11 is 3.38. The van der Waals surface area contributed by atoms with Gasteiger partial charge >= 0.3 is 0 Å². The zero-order chi connectivity index (χ0) is 16.2. The Morgan fingerprint density at radius 1 is 1.35 bits per heavy atom. The standard InChI is InChI=1S/C17H21BrN4O/c1-12-15(18)16(21-20-12)17(23)19-14-7-5-6-13(10-14)11-22-8-3-2-4-9-22/h5-7,10H,2-4,8-9,11H2,1H3,(H,19,23)(H,20,21). The van der Waals surface area contributed by atoms with Gasteiger partial charge in [-0.1, -0.05) is 18.6 Å². The number of likely N-dealkylation sites (tertiary alicyclic amines) is 1. The van der Waals surface area contributed by atoms with E-state index < -0.39 is 0 Å². The third-order valence-corrected chi connectivity index (χ3v) is 5.10. The summed E-state index contributed by atoms with van der Waals surface area (Å²) in [5.74, 6) is -0.212. The highest BCUT2D eigenvalue weighted by molar-refractivity contribution is 9.10. The number of nitrogens with one attached hydrogen (secondary N) is 2. The van der Waals surface area contributed by atoms with Crippen LogP contribution in [0.3, 0.4) is 0 Å². The predicted octanol–water partition coefficient (Wildman–Crippen LogP) is 3.72. The molecule has 2 heterocycles. The van der Waals surface area contributed by atoms with Crippen LogP contribution in [0, 0.1) is 6.92 Å². The molecule has 0 spiro atoms. The predicted molar refractivity (Wildman–Crippen MR) is 94.5 cm³/mol. The fourth-order valence-electron chi connectivity index (χ4n) is 2.88. The largest absolute Gasteiger partial charge is 0.321 e. The molecule has 2 aromatic rings. The molecule has 1 aliphatic heterocycles. The van der Waals surface area contributed by atoms with Gasteiger partial charge < -0.3 is 5.32 Å². The van der Waals surface area contributed by atoms with Gasteiger partial charge in [0, 0.05) is 17.9 Å². The average Bonchev–Trinajstić information content (AvgIpc) is 2.88. The molecule has 1 saturated heterocycles. The van der Waals surface area contributed by atoms with Gasteiger partial charge in [-0.15, -0.1) is 0 Å². The number of nitrogens with zero attached hydrogens (tertiary/aromatic N) is 2. The van der Waals surface area contributed by atoms with Gasteiger partial charge in [0.15, 0.2) is 5.69 Å². The first-order valence-electron chi connectivity index (χ1n) is 7.96. The molecule has 5 nitrogen and oxygen atoms in total. The van der Waals surface area contributed by atoms with E-state index in [0.717, 1.165) is 31.0 Å². The van der Waals surface area contributed by atoms with E-state index in [-0.39, 0.29) is 5.91 Å². The second-order valence-electron chi connectivity index (χ2n) is 6.00. The van der Waals surface area contributed by atoms with Gasteiger partial charge in [0.1, 0.15) is 0 Å². The third kappa shape index (κ3) is 4.00. The average molecular weight is 377 g/mol. The maximum Gasteiger partial charge on any atom is 0.277 e. The summed E-state index contributed by atoms with van der Waals surface area (Å²) in [7, 11) is 0. The second-order valence-corrected chi connectivity index (χ2v) is 6.80. The lowest BCUT2D eigenvalue weighted by Crippen LogP contribution is -2.29. The number of halogens is 1. The summed E-state index contributed by atoms with van der Waals surface area (Å²) < 4.78 is 0.708. The normalized spacial score (nSPS) is 15.6. The Morgan fingerprint density at radius 2 is 2.13 bits per heavy atom. The number of aryl methyl sites for hydroxylation is 1. The third-order valence-electron chi connectivity index (χ3n) is 4.13. The SMILES string of the molecule is Cc1[nH]nc(C(=O)Nc2cccc(CN3CCCCC3)c2)c1Br. The van der Waals surface area contributed by atoms with Gasteiger partial charge in [0.2, 0.25) is 0 Å². The summed E-state index contributed by atoms with van der Waals surface area (Å²) in [6.45, 7) is 5.13. The minimum absolute atomic E-state index is 0.212. The quantitative estimate of drug-likeness (QED) is 0.854. The fourth-order valence-corrected chi connectivity index (χ4v) is 3.24. The van der Waals surface area contributed by atoms with Crippen molar-refractivity contribution in [2.75, 3.05) is 18.4 Å². The van der Waals surface area contributed by atoms with Gasteiger partial charge in [-0.2, -0.15) is 5.10 Å². The van der Waals surface area contributed by atoms with Crippen LogP contribution in [-0.2, 0) is 6.54 Å². The fraction of sp³-hybridized carbons (Fsp3) is 0.412. The molecule has 0 radical (unpaired) electrons. The van der Waals surface area contributed by atoms with Crippen molar-refractivity contribution in [3.8, 4) is 0 Å². The number of benzene rings is 1. The highest BCUT2D eigenvalue weighted by Crippen LogP contribution is 2.20. The van der Waals surface area contributed by atoms with Crippen LogP contribution in [-0.4, -0.2) is 34.1 Å². The van der Waals surface area contributed by atoms with Crippen molar-refractivity contribution >= 4 is 27.5 Å². The van der Waals surface area contributed by atoms with Crippen molar-refractivity contribution in [2.45, 2.75) is 32.7 Å². The molecule has 3 rings (SSSR count). The van der Waals surface area contributed by atoms with Gasteiger partial charge in [-0.3, -0.25) is 14.8 Å². The van der Waals surface area contributed by atoms with E-state index in [1.54, 1.807) is 0 Å². The Bertz CT molecular complexity index is 692. The minimum Gasteiger partial charge on any atom is -0.321 e. The number of rotatable bonds is 4. The number of hydrogen-bond donors (Lipinski definition) is 2. The highest BCUT2D eigenvalue weighted by atomic mass is 79.9. The molecule has 1 aromatic carbocycles. The first-order chi connectivity index (χ1) is 11.1. The summed E-state index contributed by atoms with van der Waals surface area (Å²) in [6.07, 6.45) is 3.90. The second kappa shape index (κ2) is 7.27. The molecule has 1 aromatic heterocycles. The smallest absolute Gasteiger partial charge is 0.277 e. The number of aromatic amines is 1. The molecule has 1 aliphatic rings. The van der Waals surface area contributed by atoms with E-state index in [1.807, 2.05) is 25.1 Å². The summed E-state index contributed by atoms with van der Waals surface area (Å²) in [4.78, 5) is 14.8. The van der Waals surface area contributed by atoms with Gasteiger partial charge in [0.25, 0.3) is 5.91 Å². The molecular formula is C17H21BrN4O. The number of carbonyl (C=O) groups is 1. The van der Waals surface area contributed by atoms with Crippen LogP contribution in [0.25, 0.3) is 0 Å². The van der Waals surface area contributed by atoms with Crippen molar-refractivity contribution in [1.29, 1.82) is 0 Å². The van der Waals surface area contributed by atoms with Crippen molar-refractivity contribution in [1.82, 2.24) is 15.1 Å². The van der Waals surface area contributed by atoms with Gasteiger partial charge in [0.05, 0.1) is 4.47 Å². The maximum absolute atomic E-state index is 12.3. The summed E-state index contributed by atoms with van der Waals surface area (Å²) in [5, 5.41) is 9.76. The van der Waals surface area contributed by atoms with E-state index in [2.05, 4.69) is 42.4 Å². The number of hydrogen-bond acceptors (Lipinski definition) is 3. The molecule has 2 N–H and O–H groups in total. The highest BCUT2D eigenvalue weighted by Gasteiger charge is 2.16. The van der Waals surface area contributed by atoms with Crippen LogP contribution >= 0.6 is 15.9 Å². The molecule has 0 aliphatic carbocycles. The molecule has 1 amide bonds. The molecule has 0 saturated carbocycles. The molecule has 6 heteroatoms. The lowest BCUT2D eigenvalue weighted by Gasteiger charge is -2.26. The number of carbonyl (C=O) groups excluding carboxylic acids is 1. The van der Waals surface area contributed by atoms with Crippen LogP contribution in [0.5, 0.6) is 0 Å². The van der Waals surface area contributed by atoms with Crippen LogP contribution in [0.15, 0.2) is 28.7 Å². The van der Waals surface area contributed by atoms with Crippen molar-refractivity contribution < 1.29 is 4.79 Å². The topological polar surface area (TPSA) is 61.0 Å². The molecule has 0 bridgehead atoms. The number of anilines is 1. The Balaban J connectivity index is 1.67. The maximum atomic E-state index is 12.3. The number of piperidine rings is 1.